The number of halogens is 2. The van der Waals surface area contributed by atoms with Crippen molar-refractivity contribution in [3.05, 3.63) is 63.4 Å². The Morgan fingerprint density at radius 2 is 2.26 bits per heavy atom. The van der Waals surface area contributed by atoms with Gasteiger partial charge >= 0.3 is 0 Å². The Morgan fingerprint density at radius 1 is 1.43 bits per heavy atom. The highest BCUT2D eigenvalue weighted by Gasteiger charge is 2.10. The highest BCUT2D eigenvalue weighted by atomic mass is 35.5. The van der Waals surface area contributed by atoms with Crippen LogP contribution in [0.5, 0.6) is 0 Å². The van der Waals surface area contributed by atoms with Gasteiger partial charge in [0.05, 0.1) is 5.69 Å². The number of imidazole rings is 1. The summed E-state index contributed by atoms with van der Waals surface area (Å²) in [4.78, 5) is 18.9. The molecule has 0 aliphatic heterocycles. The molecule has 0 fully saturated rings. The number of carbonyl (C=O) groups excluding carboxylic acids is 1. The Kier molecular flexibility index (Phi) is 4.71. The maximum absolute atomic E-state index is 12.2. The molecule has 2 heterocycles. The van der Waals surface area contributed by atoms with Crippen LogP contribution >= 0.6 is 34.5 Å². The molecule has 23 heavy (non-hydrogen) atoms. The third kappa shape index (κ3) is 3.58. The summed E-state index contributed by atoms with van der Waals surface area (Å²) in [5.41, 5.74) is 1.68. The van der Waals surface area contributed by atoms with Gasteiger partial charge in [-0.2, -0.15) is 0 Å². The fourth-order valence-corrected chi connectivity index (χ4v) is 3.41. The third-order valence-electron chi connectivity index (χ3n) is 3.32. The molecule has 0 aliphatic rings. The minimum Gasteiger partial charge on any atom is -0.338 e. The average Bonchev–Trinajstić information content (AvgIpc) is 3.05. The van der Waals surface area contributed by atoms with Crippen LogP contribution in [0.3, 0.4) is 0 Å². The second-order valence-corrected chi connectivity index (χ2v) is 6.67. The lowest BCUT2D eigenvalue weighted by Gasteiger charge is -2.15. The van der Waals surface area contributed by atoms with E-state index in [0.717, 1.165) is 10.5 Å². The van der Waals surface area contributed by atoms with E-state index in [1.807, 2.05) is 34.2 Å². The van der Waals surface area contributed by atoms with Gasteiger partial charge in [0.25, 0.3) is 0 Å². The average molecular weight is 366 g/mol. The molecule has 0 bridgehead atoms. The minimum atomic E-state index is -0.119. The Labute approximate surface area is 147 Å². The van der Waals surface area contributed by atoms with Crippen LogP contribution in [-0.4, -0.2) is 27.2 Å². The Hall–Kier alpha value is -1.82. The first kappa shape index (κ1) is 16.1. The lowest BCUT2D eigenvalue weighted by Crippen LogP contribution is -2.24. The molecule has 0 radical (unpaired) electrons. The summed E-state index contributed by atoms with van der Waals surface area (Å²) in [6, 6.07) is 7.45. The number of benzene rings is 1. The van der Waals surface area contributed by atoms with Gasteiger partial charge in [0, 0.05) is 36.3 Å². The molecule has 118 valence electrons. The monoisotopic (exact) mass is 365 g/mol. The molecule has 3 rings (SSSR count). The molecule has 4 nitrogen and oxygen atoms in total. The first-order valence-electron chi connectivity index (χ1n) is 6.83. The minimum absolute atomic E-state index is 0.119. The Balaban J connectivity index is 1.73. The molecular weight excluding hydrogens is 353 g/mol. The van der Waals surface area contributed by atoms with Crippen LogP contribution in [0, 0.1) is 0 Å². The first-order chi connectivity index (χ1) is 11.0. The largest absolute Gasteiger partial charge is 0.338 e. The number of thiazole rings is 1. The van der Waals surface area contributed by atoms with Gasteiger partial charge in [-0.25, -0.2) is 4.98 Å². The van der Waals surface area contributed by atoms with E-state index < -0.39 is 0 Å². The molecule has 0 unspecified atom stereocenters. The molecule has 0 saturated carbocycles. The van der Waals surface area contributed by atoms with Gasteiger partial charge in [0.1, 0.15) is 0 Å². The van der Waals surface area contributed by atoms with Gasteiger partial charge in [-0.05, 0) is 23.8 Å². The summed E-state index contributed by atoms with van der Waals surface area (Å²) in [6.45, 7) is 0.484. The predicted octanol–water partition coefficient (Wildman–Crippen LogP) is 4.37. The fraction of sp³-hybridized carbons (Fsp3) is 0.125. The number of likely N-dealkylation sites (N-methyl/N-ethyl adjacent to an activating group) is 1. The van der Waals surface area contributed by atoms with Crippen LogP contribution in [0.25, 0.3) is 11.0 Å². The van der Waals surface area contributed by atoms with Gasteiger partial charge in [-0.3, -0.25) is 9.20 Å². The lowest BCUT2D eigenvalue weighted by atomic mass is 10.2. The van der Waals surface area contributed by atoms with E-state index in [9.17, 15) is 4.79 Å². The zero-order chi connectivity index (χ0) is 16.4. The standard InChI is InChI=1S/C16H13Cl2N3OS/c1-20(10-11-3-2-4-12(17)9-11)14(22)6-5-13-15(18)19-16-21(13)7-8-23-16/h2-9H,10H2,1H3/b6-5+. The highest BCUT2D eigenvalue weighted by molar-refractivity contribution is 7.15. The number of fused-ring (bicyclic) bond motifs is 1. The van der Waals surface area contributed by atoms with Crippen molar-refractivity contribution in [2.24, 2.45) is 0 Å². The van der Waals surface area contributed by atoms with Gasteiger partial charge < -0.3 is 4.90 Å². The molecule has 0 N–H and O–H groups in total. The van der Waals surface area contributed by atoms with Crippen LogP contribution in [0.1, 0.15) is 11.3 Å². The number of rotatable bonds is 4. The van der Waals surface area contributed by atoms with Gasteiger partial charge in [-0.15, -0.1) is 11.3 Å². The van der Waals surface area contributed by atoms with E-state index >= 15 is 0 Å². The van der Waals surface area contributed by atoms with E-state index in [1.54, 1.807) is 24.1 Å². The second-order valence-electron chi connectivity index (χ2n) is 5.00. The summed E-state index contributed by atoms with van der Waals surface area (Å²) < 4.78 is 1.85. The Morgan fingerprint density at radius 3 is 3.04 bits per heavy atom. The summed E-state index contributed by atoms with van der Waals surface area (Å²) in [5, 5.41) is 2.96. The van der Waals surface area contributed by atoms with Crippen molar-refractivity contribution in [2.45, 2.75) is 6.54 Å². The smallest absolute Gasteiger partial charge is 0.246 e. The lowest BCUT2D eigenvalue weighted by molar-refractivity contribution is -0.125. The third-order valence-corrected chi connectivity index (χ3v) is 4.59. The van der Waals surface area contributed by atoms with Crippen molar-refractivity contribution in [3.63, 3.8) is 0 Å². The first-order valence-corrected chi connectivity index (χ1v) is 8.47. The zero-order valence-electron chi connectivity index (χ0n) is 12.2. The molecule has 1 amide bonds. The molecule has 0 atom stereocenters. The number of nitrogens with zero attached hydrogens (tertiary/aromatic N) is 3. The van der Waals surface area contributed by atoms with Crippen molar-refractivity contribution in [1.29, 1.82) is 0 Å². The number of amides is 1. The van der Waals surface area contributed by atoms with Crippen LogP contribution < -0.4 is 0 Å². The fourth-order valence-electron chi connectivity index (χ4n) is 2.19. The highest BCUT2D eigenvalue weighted by Crippen LogP contribution is 2.22. The summed E-state index contributed by atoms with van der Waals surface area (Å²) in [7, 11) is 1.74. The topological polar surface area (TPSA) is 37.6 Å². The van der Waals surface area contributed by atoms with Crippen LogP contribution in [0.15, 0.2) is 41.9 Å². The summed E-state index contributed by atoms with van der Waals surface area (Å²) >= 11 is 13.6. The quantitative estimate of drug-likeness (QED) is 0.643. The van der Waals surface area contributed by atoms with Crippen molar-refractivity contribution in [1.82, 2.24) is 14.3 Å². The molecule has 2 aromatic heterocycles. The molecule has 3 aromatic rings. The maximum Gasteiger partial charge on any atom is 0.246 e. The van der Waals surface area contributed by atoms with E-state index in [4.69, 9.17) is 23.2 Å². The van der Waals surface area contributed by atoms with E-state index in [2.05, 4.69) is 4.98 Å². The van der Waals surface area contributed by atoms with Crippen LogP contribution in [-0.2, 0) is 11.3 Å². The maximum atomic E-state index is 12.2. The van der Waals surface area contributed by atoms with Crippen LogP contribution in [0.4, 0.5) is 0 Å². The molecule has 0 aliphatic carbocycles. The summed E-state index contributed by atoms with van der Waals surface area (Å²) in [5.74, 6) is -0.119. The van der Waals surface area contributed by atoms with Crippen molar-refractivity contribution in [3.8, 4) is 0 Å². The second kappa shape index (κ2) is 6.74. The molecular formula is C16H13Cl2N3OS. The molecule has 0 saturated heterocycles. The van der Waals surface area contributed by atoms with E-state index in [0.29, 0.717) is 22.4 Å². The normalized spacial score (nSPS) is 11.4. The SMILES string of the molecule is CN(Cc1cccc(Cl)c1)C(=O)/C=C/c1c(Cl)nc2sccn12. The number of hydrogen-bond acceptors (Lipinski definition) is 3. The van der Waals surface area contributed by atoms with E-state index in [-0.39, 0.29) is 5.91 Å². The Bertz CT molecular complexity index is 884. The number of carbonyl (C=O) groups is 1. The van der Waals surface area contributed by atoms with E-state index in [1.165, 1.54) is 17.4 Å². The zero-order valence-corrected chi connectivity index (χ0v) is 14.6. The summed E-state index contributed by atoms with van der Waals surface area (Å²) in [6.07, 6.45) is 5.06. The molecule has 0 spiro atoms. The van der Waals surface area contributed by atoms with Gasteiger partial charge in [0.15, 0.2) is 10.1 Å². The van der Waals surface area contributed by atoms with Crippen LogP contribution in [0.2, 0.25) is 10.2 Å². The number of hydrogen-bond donors (Lipinski definition) is 0. The van der Waals surface area contributed by atoms with Crippen molar-refractivity contribution < 1.29 is 4.79 Å². The van der Waals surface area contributed by atoms with Crippen molar-refractivity contribution >= 4 is 51.5 Å². The predicted molar refractivity (Wildman–Crippen MR) is 95.0 cm³/mol. The number of aromatic nitrogens is 2. The molecule has 7 heteroatoms. The molecule has 1 aromatic carbocycles. The van der Waals surface area contributed by atoms with Crippen molar-refractivity contribution in [2.75, 3.05) is 7.05 Å². The van der Waals surface area contributed by atoms with Gasteiger partial charge in [-0.1, -0.05) is 35.3 Å². The van der Waals surface area contributed by atoms with Gasteiger partial charge in [0.2, 0.25) is 5.91 Å².